The average molecular weight is 374 g/mol. The van der Waals surface area contributed by atoms with Crippen LogP contribution in [-0.2, 0) is 25.0 Å². The molecule has 4 heteroatoms. The Kier molecular flexibility index (Phi) is 7.65. The van der Waals surface area contributed by atoms with Crippen LogP contribution in [0.4, 0.5) is 5.69 Å². The van der Waals surface area contributed by atoms with Gasteiger partial charge in [0.25, 0.3) is 0 Å². The maximum atomic E-state index is 2.41. The Hall–Kier alpha value is -0.0369. The van der Waals surface area contributed by atoms with Gasteiger partial charge in [-0.25, -0.2) is 0 Å². The van der Waals surface area contributed by atoms with Crippen molar-refractivity contribution < 1.29 is 49.8 Å². The molecule has 2 rings (SSSR count). The number of allylic oxidation sites excluding steroid dienone is 3. The molecule has 1 unspecified atom stereocenters. The van der Waals surface area contributed by atoms with Crippen LogP contribution >= 0.6 is 0 Å². The van der Waals surface area contributed by atoms with Gasteiger partial charge in [-0.15, -0.1) is 0 Å². The van der Waals surface area contributed by atoms with E-state index in [1.807, 2.05) is 0 Å². The zero-order chi connectivity index (χ0) is 12.6. The number of benzene rings is 1. The molecule has 1 aliphatic carbocycles. The fraction of sp³-hybridized carbons (Fsp3) is 0.333. The number of para-hydroxylation sites is 1. The summed E-state index contributed by atoms with van der Waals surface area (Å²) >= 11 is 1.43. The third-order valence-electron chi connectivity index (χ3n) is 3.85. The van der Waals surface area contributed by atoms with Gasteiger partial charge < -0.3 is 24.8 Å². The number of halogens is 2. The molecule has 0 aromatic heterocycles. The van der Waals surface area contributed by atoms with Crippen LogP contribution in [0, 0.1) is 5.92 Å². The molecule has 1 aromatic rings. The van der Waals surface area contributed by atoms with Gasteiger partial charge >= 0.3 is 120 Å². The quantitative estimate of drug-likeness (QED) is 0.592. The van der Waals surface area contributed by atoms with Gasteiger partial charge in [-0.3, -0.25) is 0 Å². The minimum atomic E-state index is 0. The third kappa shape index (κ3) is 3.54. The van der Waals surface area contributed by atoms with Crippen molar-refractivity contribution >= 4 is 5.69 Å². The molecule has 1 atom stereocenters. The first-order chi connectivity index (χ1) is 8.04. The molecule has 0 fully saturated rings. The zero-order valence-corrected chi connectivity index (χ0v) is 15.6. The van der Waals surface area contributed by atoms with E-state index in [0.29, 0.717) is 5.92 Å². The van der Waals surface area contributed by atoms with Gasteiger partial charge in [0.1, 0.15) is 0 Å². The fourth-order valence-electron chi connectivity index (χ4n) is 2.42. The second-order valence-corrected chi connectivity index (χ2v) is 5.81. The molecule has 0 aliphatic heterocycles. The summed E-state index contributed by atoms with van der Waals surface area (Å²) in [7, 11) is 0. The van der Waals surface area contributed by atoms with Crippen molar-refractivity contribution in [3.63, 3.8) is 0 Å². The molecule has 1 aliphatic rings. The molecule has 19 heavy (non-hydrogen) atoms. The molecule has 101 valence electrons. The Morgan fingerprint density at radius 2 is 1.47 bits per heavy atom. The Balaban J connectivity index is 0.00000162. The molecule has 0 spiro atoms. The van der Waals surface area contributed by atoms with Gasteiger partial charge in [-0.1, -0.05) is 0 Å². The van der Waals surface area contributed by atoms with E-state index in [2.05, 4.69) is 60.9 Å². The van der Waals surface area contributed by atoms with Crippen LogP contribution in [0.5, 0.6) is 0 Å². The maximum absolute atomic E-state index is 2.41. The smallest absolute Gasteiger partial charge is 1.00 e. The van der Waals surface area contributed by atoms with E-state index in [1.54, 1.807) is 0 Å². The van der Waals surface area contributed by atoms with Gasteiger partial charge in [0.05, 0.1) is 0 Å². The molecular formula is C15H18Cl2NZr. The number of anilines is 1. The second kappa shape index (κ2) is 7.67. The van der Waals surface area contributed by atoms with Crippen LogP contribution in [0.15, 0.2) is 52.7 Å². The summed E-state index contributed by atoms with van der Waals surface area (Å²) in [5.41, 5.74) is 7.21. The summed E-state index contributed by atoms with van der Waals surface area (Å²) in [6.07, 6.45) is 0. The number of nitrogens with zero attached hydrogens (tertiary/aromatic N) is 1. The average Bonchev–Trinajstić information content (AvgIpc) is 2.54. The van der Waals surface area contributed by atoms with Gasteiger partial charge in [-0.2, -0.15) is 0 Å². The SMILES string of the molecule is CC1=C(C)C(C)C([N]([Zr+2])c2ccccc2)=C1C.[Cl-].[Cl-]. The molecule has 1 aromatic carbocycles. The standard InChI is InChI=1S/C15H18N.2ClH.Zr/c1-10-11(2)13(4)15(12(10)3)16-14-8-6-5-7-9-14;;;/h5-9,12H,1-4H3;2*1H;/q-1;;;+3/p-2. The first kappa shape index (κ1) is 19.0. The summed E-state index contributed by atoms with van der Waals surface area (Å²) in [5, 5.41) is 0. The largest absolute Gasteiger partial charge is 1.00 e. The van der Waals surface area contributed by atoms with Crippen LogP contribution < -0.4 is 27.7 Å². The van der Waals surface area contributed by atoms with Crippen LogP contribution in [0.2, 0.25) is 0 Å². The van der Waals surface area contributed by atoms with Gasteiger partial charge in [-0.05, 0) is 0 Å². The molecule has 0 saturated carbocycles. The normalized spacial score (nSPS) is 18.1. The van der Waals surface area contributed by atoms with E-state index in [0.717, 1.165) is 0 Å². The van der Waals surface area contributed by atoms with E-state index in [1.165, 1.54) is 53.1 Å². The minimum Gasteiger partial charge on any atom is -1.00 e. The minimum absolute atomic E-state index is 0. The third-order valence-corrected chi connectivity index (χ3v) is 5.08. The van der Waals surface area contributed by atoms with Crippen LogP contribution in [0.25, 0.3) is 0 Å². The Morgan fingerprint density at radius 1 is 0.947 bits per heavy atom. The van der Waals surface area contributed by atoms with Crippen LogP contribution in [0.1, 0.15) is 27.7 Å². The predicted octanol–water partition coefficient (Wildman–Crippen LogP) is -1.78. The van der Waals surface area contributed by atoms with Gasteiger partial charge in [0.2, 0.25) is 0 Å². The van der Waals surface area contributed by atoms with Crippen molar-refractivity contribution in [1.82, 2.24) is 0 Å². The Morgan fingerprint density at radius 3 is 1.89 bits per heavy atom. The molecule has 0 amide bonds. The first-order valence-electron chi connectivity index (χ1n) is 5.99. The van der Waals surface area contributed by atoms with Crippen LogP contribution in [-0.4, -0.2) is 0 Å². The van der Waals surface area contributed by atoms with Crippen molar-refractivity contribution in [2.75, 3.05) is 2.84 Å². The van der Waals surface area contributed by atoms with E-state index in [4.69, 9.17) is 0 Å². The summed E-state index contributed by atoms with van der Waals surface area (Å²) in [6, 6.07) is 10.7. The van der Waals surface area contributed by atoms with E-state index < -0.39 is 0 Å². The predicted molar refractivity (Wildman–Crippen MR) is 69.2 cm³/mol. The van der Waals surface area contributed by atoms with E-state index in [-0.39, 0.29) is 24.8 Å². The monoisotopic (exact) mass is 372 g/mol. The number of rotatable bonds is 2. The fourth-order valence-corrected chi connectivity index (χ4v) is 3.67. The molecule has 1 nitrogen and oxygen atoms in total. The Bertz CT molecular complexity index is 494. The molecule has 0 bridgehead atoms. The molecule has 0 saturated heterocycles. The molecule has 0 N–H and O–H groups in total. The topological polar surface area (TPSA) is 3.24 Å². The van der Waals surface area contributed by atoms with E-state index >= 15 is 0 Å². The van der Waals surface area contributed by atoms with Crippen molar-refractivity contribution in [2.45, 2.75) is 27.7 Å². The zero-order valence-electron chi connectivity index (χ0n) is 11.7. The summed E-state index contributed by atoms with van der Waals surface area (Å²) in [4.78, 5) is 0. The van der Waals surface area contributed by atoms with Gasteiger partial charge in [0, 0.05) is 0 Å². The van der Waals surface area contributed by atoms with Crippen molar-refractivity contribution in [2.24, 2.45) is 5.92 Å². The van der Waals surface area contributed by atoms with E-state index in [9.17, 15) is 0 Å². The van der Waals surface area contributed by atoms with Crippen molar-refractivity contribution in [1.29, 1.82) is 0 Å². The Labute approximate surface area is 144 Å². The van der Waals surface area contributed by atoms with Crippen LogP contribution in [0.3, 0.4) is 0 Å². The first-order valence-corrected chi connectivity index (χ1v) is 7.09. The molecular weight excluding hydrogens is 356 g/mol. The maximum Gasteiger partial charge on any atom is -1.00 e. The van der Waals surface area contributed by atoms with Gasteiger partial charge in [0.15, 0.2) is 0 Å². The summed E-state index contributed by atoms with van der Waals surface area (Å²) in [6.45, 7) is 9.05. The van der Waals surface area contributed by atoms with Crippen molar-refractivity contribution in [3.8, 4) is 0 Å². The number of hydrogen-bond donors (Lipinski definition) is 0. The molecule has 0 heterocycles. The second-order valence-electron chi connectivity index (χ2n) is 4.71. The molecule has 0 radical (unpaired) electrons. The number of hydrogen-bond acceptors (Lipinski definition) is 1. The summed E-state index contributed by atoms with van der Waals surface area (Å²) < 4.78 is 2.41. The summed E-state index contributed by atoms with van der Waals surface area (Å²) in [5.74, 6) is 0.550. The van der Waals surface area contributed by atoms with Crippen molar-refractivity contribution in [3.05, 3.63) is 52.7 Å².